The van der Waals surface area contributed by atoms with Crippen LogP contribution < -0.4 is 0 Å². The quantitative estimate of drug-likeness (QED) is 0.513. The molecule has 0 amide bonds. The lowest BCUT2D eigenvalue weighted by Gasteiger charge is -2.16. The largest absolute Gasteiger partial charge is 0.0654 e. The van der Waals surface area contributed by atoms with E-state index in [1.54, 1.807) is 11.1 Å². The van der Waals surface area contributed by atoms with Gasteiger partial charge in [-0.2, -0.15) is 0 Å². The minimum Gasteiger partial charge on any atom is -0.0654 e. The third-order valence-corrected chi connectivity index (χ3v) is 3.76. The van der Waals surface area contributed by atoms with E-state index in [1.807, 2.05) is 0 Å². The maximum atomic E-state index is 2.45. The van der Waals surface area contributed by atoms with Gasteiger partial charge in [0.1, 0.15) is 0 Å². The van der Waals surface area contributed by atoms with Gasteiger partial charge in [0, 0.05) is 0 Å². The zero-order chi connectivity index (χ0) is 13.5. The predicted octanol–water partition coefficient (Wildman–Crippen LogP) is 6.06. The summed E-state index contributed by atoms with van der Waals surface area (Å²) in [6, 6.07) is 7.12. The van der Waals surface area contributed by atoms with Gasteiger partial charge >= 0.3 is 0 Å². The topological polar surface area (TPSA) is 0 Å². The van der Waals surface area contributed by atoms with E-state index >= 15 is 0 Å². The average molecular weight is 246 g/mol. The summed E-state index contributed by atoms with van der Waals surface area (Å²) in [6.45, 7) is 11.5. The van der Waals surface area contributed by atoms with E-state index < -0.39 is 0 Å². The molecule has 1 aromatic carbocycles. The molecule has 0 nitrogen and oxygen atoms in total. The molecule has 0 aliphatic heterocycles. The van der Waals surface area contributed by atoms with Crippen LogP contribution in [0.15, 0.2) is 18.2 Å². The van der Waals surface area contributed by atoms with Crippen LogP contribution in [0.3, 0.4) is 0 Å². The molecular formula is C18H30. The molecule has 1 aromatic rings. The molecule has 0 aromatic heterocycles. The first-order valence-corrected chi connectivity index (χ1v) is 7.69. The van der Waals surface area contributed by atoms with Gasteiger partial charge in [0.2, 0.25) is 0 Å². The van der Waals surface area contributed by atoms with E-state index in [9.17, 15) is 0 Å². The van der Waals surface area contributed by atoms with Crippen molar-refractivity contribution in [3.8, 4) is 0 Å². The third kappa shape index (κ3) is 4.48. The average Bonchev–Trinajstić information content (AvgIpc) is 2.34. The first-order valence-electron chi connectivity index (χ1n) is 7.69. The molecule has 0 saturated carbocycles. The van der Waals surface area contributed by atoms with Crippen LogP contribution in [0, 0.1) is 0 Å². The molecule has 0 spiro atoms. The molecule has 0 heterocycles. The number of hydrogen-bond acceptors (Lipinski definition) is 0. The lowest BCUT2D eigenvalue weighted by molar-refractivity contribution is 0.661. The van der Waals surface area contributed by atoms with Crippen molar-refractivity contribution in [2.45, 2.75) is 78.6 Å². The Morgan fingerprint density at radius 3 is 2.17 bits per heavy atom. The number of hydrogen-bond donors (Lipinski definition) is 0. The van der Waals surface area contributed by atoms with E-state index in [1.165, 1.54) is 37.7 Å². The summed E-state index contributed by atoms with van der Waals surface area (Å²) in [5.74, 6) is 1.29. The maximum absolute atomic E-state index is 2.45. The van der Waals surface area contributed by atoms with Crippen molar-refractivity contribution in [1.82, 2.24) is 0 Å². The normalized spacial score (nSPS) is 11.5. The second-order valence-electron chi connectivity index (χ2n) is 6.08. The summed E-state index contributed by atoms with van der Waals surface area (Å²) in [7, 11) is 0. The van der Waals surface area contributed by atoms with Crippen LogP contribution in [0.5, 0.6) is 0 Å². The van der Waals surface area contributed by atoms with Crippen molar-refractivity contribution in [3.05, 3.63) is 34.9 Å². The first kappa shape index (κ1) is 15.3. The molecule has 1 rings (SSSR count). The smallest absolute Gasteiger partial charge is 0.0216 e. The highest BCUT2D eigenvalue weighted by Gasteiger charge is 2.09. The summed E-state index contributed by atoms with van der Waals surface area (Å²) >= 11 is 0. The molecule has 0 fully saturated rings. The minimum atomic E-state index is 0.639. The first-order chi connectivity index (χ1) is 8.56. The van der Waals surface area contributed by atoms with Crippen LogP contribution in [0.4, 0.5) is 0 Å². The van der Waals surface area contributed by atoms with E-state index in [2.05, 4.69) is 52.8 Å². The van der Waals surface area contributed by atoms with E-state index in [0.29, 0.717) is 11.8 Å². The lowest BCUT2D eigenvalue weighted by atomic mass is 9.89. The number of aryl methyl sites for hydroxylation is 1. The molecule has 0 unspecified atom stereocenters. The van der Waals surface area contributed by atoms with Crippen molar-refractivity contribution in [1.29, 1.82) is 0 Å². The summed E-state index contributed by atoms with van der Waals surface area (Å²) in [4.78, 5) is 0. The Hall–Kier alpha value is -0.780. The van der Waals surface area contributed by atoms with Gasteiger partial charge in [-0.15, -0.1) is 0 Å². The van der Waals surface area contributed by atoms with Crippen molar-refractivity contribution in [3.63, 3.8) is 0 Å². The number of rotatable bonds is 7. The zero-order valence-corrected chi connectivity index (χ0v) is 12.9. The zero-order valence-electron chi connectivity index (χ0n) is 12.9. The molecule has 0 aliphatic rings. The second kappa shape index (κ2) is 7.61. The summed E-state index contributed by atoms with van der Waals surface area (Å²) < 4.78 is 0. The summed E-state index contributed by atoms with van der Waals surface area (Å²) in [6.07, 6.45) is 6.67. The van der Waals surface area contributed by atoms with Crippen LogP contribution in [0.25, 0.3) is 0 Å². The molecule has 0 bridgehead atoms. The molecule has 0 aliphatic carbocycles. The second-order valence-corrected chi connectivity index (χ2v) is 6.08. The number of unbranched alkanes of at least 4 members (excludes halogenated alkanes) is 3. The molecule has 18 heavy (non-hydrogen) atoms. The minimum absolute atomic E-state index is 0.639. The van der Waals surface area contributed by atoms with Crippen molar-refractivity contribution in [2.75, 3.05) is 0 Å². The van der Waals surface area contributed by atoms with Crippen LogP contribution >= 0.6 is 0 Å². The standard InChI is InChI=1S/C18H30/c1-6-7-8-9-10-17-13-16(14(2)3)11-12-18(17)15(4)5/h11-15H,6-10H2,1-5H3. The van der Waals surface area contributed by atoms with Crippen molar-refractivity contribution >= 4 is 0 Å². The van der Waals surface area contributed by atoms with Gasteiger partial charge in [0.15, 0.2) is 0 Å². The maximum Gasteiger partial charge on any atom is -0.0216 e. The Labute approximate surface area is 114 Å². The molecule has 102 valence electrons. The van der Waals surface area contributed by atoms with Gasteiger partial charge in [0.05, 0.1) is 0 Å². The van der Waals surface area contributed by atoms with Gasteiger partial charge in [-0.1, -0.05) is 72.1 Å². The summed E-state index contributed by atoms with van der Waals surface area (Å²) in [5.41, 5.74) is 4.63. The third-order valence-electron chi connectivity index (χ3n) is 3.76. The van der Waals surface area contributed by atoms with E-state index in [-0.39, 0.29) is 0 Å². The van der Waals surface area contributed by atoms with Gasteiger partial charge in [0.25, 0.3) is 0 Å². The Bertz CT molecular complexity index is 347. The SMILES string of the molecule is CCCCCCc1cc(C(C)C)ccc1C(C)C. The Balaban J connectivity index is 2.79. The van der Waals surface area contributed by atoms with Gasteiger partial charge in [-0.25, -0.2) is 0 Å². The fourth-order valence-corrected chi connectivity index (χ4v) is 2.51. The fourth-order valence-electron chi connectivity index (χ4n) is 2.51. The Kier molecular flexibility index (Phi) is 6.46. The Morgan fingerprint density at radius 1 is 0.889 bits per heavy atom. The lowest BCUT2D eigenvalue weighted by Crippen LogP contribution is -2.00. The summed E-state index contributed by atoms with van der Waals surface area (Å²) in [5, 5.41) is 0. The van der Waals surface area contributed by atoms with E-state index in [4.69, 9.17) is 0 Å². The predicted molar refractivity (Wildman–Crippen MR) is 82.5 cm³/mol. The van der Waals surface area contributed by atoms with Crippen LogP contribution in [0.2, 0.25) is 0 Å². The van der Waals surface area contributed by atoms with Crippen LogP contribution in [0.1, 0.15) is 88.8 Å². The highest BCUT2D eigenvalue weighted by molar-refractivity contribution is 5.35. The molecule has 0 atom stereocenters. The highest BCUT2D eigenvalue weighted by atomic mass is 14.1. The molecular weight excluding hydrogens is 216 g/mol. The number of benzene rings is 1. The van der Waals surface area contributed by atoms with Gasteiger partial charge < -0.3 is 0 Å². The Morgan fingerprint density at radius 2 is 1.61 bits per heavy atom. The molecule has 0 radical (unpaired) electrons. The molecule has 0 N–H and O–H groups in total. The van der Waals surface area contributed by atoms with Crippen molar-refractivity contribution < 1.29 is 0 Å². The monoisotopic (exact) mass is 246 g/mol. The van der Waals surface area contributed by atoms with Crippen molar-refractivity contribution in [2.24, 2.45) is 0 Å². The van der Waals surface area contributed by atoms with Gasteiger partial charge in [-0.05, 0) is 41.4 Å². The molecule has 0 heteroatoms. The molecule has 0 saturated heterocycles. The van der Waals surface area contributed by atoms with Gasteiger partial charge in [-0.3, -0.25) is 0 Å². The fraction of sp³-hybridized carbons (Fsp3) is 0.667. The highest BCUT2D eigenvalue weighted by Crippen LogP contribution is 2.25. The van der Waals surface area contributed by atoms with Crippen LogP contribution in [-0.2, 0) is 6.42 Å². The van der Waals surface area contributed by atoms with Crippen LogP contribution in [-0.4, -0.2) is 0 Å². The van der Waals surface area contributed by atoms with E-state index in [0.717, 1.165) is 0 Å².